The maximum absolute atomic E-state index is 12.7. The lowest BCUT2D eigenvalue weighted by atomic mass is 9.87. The lowest BCUT2D eigenvalue weighted by Crippen LogP contribution is -2.45. The van der Waals surface area contributed by atoms with Crippen LogP contribution >= 0.6 is 0 Å². The molecule has 17 heavy (non-hydrogen) atoms. The molecule has 6 heteroatoms. The normalized spacial score (nSPS) is 28.9. The topological polar surface area (TPSA) is 21.3 Å². The number of ether oxygens (including phenoxy) is 1. The Kier molecular flexibility index (Phi) is 4.41. The molecule has 1 aliphatic carbocycles. The van der Waals surface area contributed by atoms with E-state index in [0.717, 1.165) is 6.42 Å². The summed E-state index contributed by atoms with van der Waals surface area (Å²) in [4.78, 5) is 0. The first-order valence-corrected chi connectivity index (χ1v) is 5.65. The van der Waals surface area contributed by atoms with Gasteiger partial charge in [-0.25, -0.2) is 8.78 Å². The fourth-order valence-corrected chi connectivity index (χ4v) is 2.38. The standard InChI is InChI=1S/C11H19F4NO/c1-10(2)5-4-7(8(10)16-3)17-6-11(14,15)9(12)13/h7-9,16H,4-6H2,1-3H3. The summed E-state index contributed by atoms with van der Waals surface area (Å²) < 4.78 is 54.4. The van der Waals surface area contributed by atoms with Crippen LogP contribution in [-0.4, -0.2) is 38.1 Å². The molecule has 2 nitrogen and oxygen atoms in total. The Morgan fingerprint density at radius 3 is 2.47 bits per heavy atom. The van der Waals surface area contributed by atoms with Crippen LogP contribution in [0.2, 0.25) is 0 Å². The summed E-state index contributed by atoms with van der Waals surface area (Å²) in [6.07, 6.45) is -2.68. The van der Waals surface area contributed by atoms with Crippen molar-refractivity contribution < 1.29 is 22.3 Å². The SMILES string of the molecule is CNC1C(OCC(F)(F)C(F)F)CCC1(C)C. The Bertz CT molecular complexity index is 258. The summed E-state index contributed by atoms with van der Waals surface area (Å²) in [5, 5.41) is 3.01. The number of halogens is 4. The van der Waals surface area contributed by atoms with Crippen molar-refractivity contribution in [1.82, 2.24) is 5.32 Å². The molecular formula is C11H19F4NO. The monoisotopic (exact) mass is 257 g/mol. The van der Waals surface area contributed by atoms with E-state index in [2.05, 4.69) is 5.32 Å². The molecule has 0 aromatic heterocycles. The van der Waals surface area contributed by atoms with Crippen molar-refractivity contribution in [1.29, 1.82) is 0 Å². The summed E-state index contributed by atoms with van der Waals surface area (Å²) in [5.41, 5.74) is -0.0699. The summed E-state index contributed by atoms with van der Waals surface area (Å²) >= 11 is 0. The Balaban J connectivity index is 2.54. The predicted molar refractivity (Wildman–Crippen MR) is 56.6 cm³/mol. The molecule has 2 unspecified atom stereocenters. The van der Waals surface area contributed by atoms with Gasteiger partial charge in [-0.3, -0.25) is 0 Å². The zero-order chi connectivity index (χ0) is 13.3. The number of nitrogens with one attached hydrogen (secondary N) is 1. The number of alkyl halides is 4. The van der Waals surface area contributed by atoms with Gasteiger partial charge >= 0.3 is 12.3 Å². The van der Waals surface area contributed by atoms with Crippen LogP contribution < -0.4 is 5.32 Å². The van der Waals surface area contributed by atoms with E-state index in [-0.39, 0.29) is 11.5 Å². The van der Waals surface area contributed by atoms with Crippen LogP contribution in [0, 0.1) is 5.41 Å². The van der Waals surface area contributed by atoms with Gasteiger partial charge in [-0.05, 0) is 25.3 Å². The molecule has 0 aromatic carbocycles. The van der Waals surface area contributed by atoms with Crippen molar-refractivity contribution in [3.8, 4) is 0 Å². The average molecular weight is 257 g/mol. The third-order valence-electron chi connectivity index (χ3n) is 3.41. The summed E-state index contributed by atoms with van der Waals surface area (Å²) in [6, 6.07) is -0.0871. The maximum atomic E-state index is 12.7. The molecular weight excluding hydrogens is 238 g/mol. The molecule has 1 N–H and O–H groups in total. The minimum absolute atomic E-state index is 0.0699. The van der Waals surface area contributed by atoms with E-state index in [1.54, 1.807) is 7.05 Å². The highest BCUT2D eigenvalue weighted by Gasteiger charge is 2.46. The van der Waals surface area contributed by atoms with E-state index in [4.69, 9.17) is 4.74 Å². The van der Waals surface area contributed by atoms with E-state index in [1.807, 2.05) is 13.8 Å². The molecule has 0 amide bonds. The van der Waals surface area contributed by atoms with Gasteiger partial charge in [-0.1, -0.05) is 13.8 Å². The van der Waals surface area contributed by atoms with Crippen LogP contribution in [0.25, 0.3) is 0 Å². The van der Waals surface area contributed by atoms with Gasteiger partial charge in [0.1, 0.15) is 6.61 Å². The van der Waals surface area contributed by atoms with E-state index >= 15 is 0 Å². The molecule has 0 spiro atoms. The highest BCUT2D eigenvalue weighted by atomic mass is 19.3. The summed E-state index contributed by atoms with van der Waals surface area (Å²) in [7, 11) is 1.72. The van der Waals surface area contributed by atoms with Crippen LogP contribution in [0.4, 0.5) is 17.6 Å². The minimum Gasteiger partial charge on any atom is -0.370 e. The first-order chi connectivity index (χ1) is 7.70. The summed E-state index contributed by atoms with van der Waals surface area (Å²) in [5.74, 6) is -4.06. The second-order valence-corrected chi connectivity index (χ2v) is 5.20. The molecule has 0 bridgehead atoms. The van der Waals surface area contributed by atoms with Crippen LogP contribution in [0.5, 0.6) is 0 Å². The van der Waals surface area contributed by atoms with Crippen LogP contribution in [0.3, 0.4) is 0 Å². The van der Waals surface area contributed by atoms with E-state index in [1.165, 1.54) is 0 Å². The van der Waals surface area contributed by atoms with Gasteiger partial charge in [-0.15, -0.1) is 0 Å². The lowest BCUT2D eigenvalue weighted by Gasteiger charge is -2.30. The quantitative estimate of drug-likeness (QED) is 0.765. The van der Waals surface area contributed by atoms with Crippen LogP contribution in [0.15, 0.2) is 0 Å². The van der Waals surface area contributed by atoms with Gasteiger partial charge in [0, 0.05) is 6.04 Å². The molecule has 1 rings (SSSR count). The lowest BCUT2D eigenvalue weighted by molar-refractivity contribution is -0.177. The van der Waals surface area contributed by atoms with Gasteiger partial charge in [0.25, 0.3) is 0 Å². The third kappa shape index (κ3) is 3.31. The molecule has 2 atom stereocenters. The molecule has 0 heterocycles. The summed E-state index contributed by atoms with van der Waals surface area (Å²) in [6.45, 7) is 2.79. The van der Waals surface area contributed by atoms with Crippen molar-refractivity contribution in [2.45, 2.75) is 51.2 Å². The predicted octanol–water partition coefficient (Wildman–Crippen LogP) is 2.68. The van der Waals surface area contributed by atoms with E-state index in [9.17, 15) is 17.6 Å². The maximum Gasteiger partial charge on any atom is 0.330 e. The van der Waals surface area contributed by atoms with Crippen molar-refractivity contribution >= 4 is 0 Å². The van der Waals surface area contributed by atoms with Gasteiger partial charge in [0.05, 0.1) is 6.10 Å². The Morgan fingerprint density at radius 1 is 1.41 bits per heavy atom. The Morgan fingerprint density at radius 2 is 2.00 bits per heavy atom. The van der Waals surface area contributed by atoms with Crippen molar-refractivity contribution in [2.24, 2.45) is 5.41 Å². The van der Waals surface area contributed by atoms with E-state index in [0.29, 0.717) is 6.42 Å². The van der Waals surface area contributed by atoms with Gasteiger partial charge < -0.3 is 10.1 Å². The second-order valence-electron chi connectivity index (χ2n) is 5.20. The zero-order valence-corrected chi connectivity index (χ0v) is 10.3. The van der Waals surface area contributed by atoms with Gasteiger partial charge in [0.15, 0.2) is 0 Å². The van der Waals surface area contributed by atoms with Crippen molar-refractivity contribution in [3.63, 3.8) is 0 Å². The van der Waals surface area contributed by atoms with Crippen molar-refractivity contribution in [3.05, 3.63) is 0 Å². The first kappa shape index (κ1) is 14.7. The molecule has 0 aliphatic heterocycles. The largest absolute Gasteiger partial charge is 0.370 e. The molecule has 102 valence electrons. The fourth-order valence-electron chi connectivity index (χ4n) is 2.38. The number of likely N-dealkylation sites (N-methyl/N-ethyl adjacent to an activating group) is 1. The molecule has 0 radical (unpaired) electrons. The highest BCUT2D eigenvalue weighted by Crippen LogP contribution is 2.39. The number of rotatable bonds is 5. The highest BCUT2D eigenvalue weighted by molar-refractivity contribution is 4.96. The average Bonchev–Trinajstić information content (AvgIpc) is 2.50. The first-order valence-electron chi connectivity index (χ1n) is 5.65. The molecule has 1 fully saturated rings. The van der Waals surface area contributed by atoms with Crippen LogP contribution in [-0.2, 0) is 4.74 Å². The third-order valence-corrected chi connectivity index (χ3v) is 3.41. The van der Waals surface area contributed by atoms with Crippen molar-refractivity contribution in [2.75, 3.05) is 13.7 Å². The second kappa shape index (κ2) is 5.10. The Hall–Kier alpha value is -0.360. The molecule has 0 aromatic rings. The number of hydrogen-bond donors (Lipinski definition) is 1. The van der Waals surface area contributed by atoms with Gasteiger partial charge in [0.2, 0.25) is 0 Å². The molecule has 1 aliphatic rings. The number of hydrogen-bond acceptors (Lipinski definition) is 2. The smallest absolute Gasteiger partial charge is 0.330 e. The van der Waals surface area contributed by atoms with Gasteiger partial charge in [-0.2, -0.15) is 8.78 Å². The molecule has 0 saturated heterocycles. The Labute approximate surface area is 98.7 Å². The minimum atomic E-state index is -4.06. The van der Waals surface area contributed by atoms with E-state index < -0.39 is 25.1 Å². The zero-order valence-electron chi connectivity index (χ0n) is 10.3. The molecule has 1 saturated carbocycles. The fraction of sp³-hybridized carbons (Fsp3) is 1.00. The van der Waals surface area contributed by atoms with Crippen LogP contribution in [0.1, 0.15) is 26.7 Å².